The number of rotatable bonds is 10. The van der Waals surface area contributed by atoms with Crippen molar-refractivity contribution in [1.82, 2.24) is 5.32 Å². The number of hydrogen-bond acceptors (Lipinski definition) is 4. The summed E-state index contributed by atoms with van der Waals surface area (Å²) in [5.74, 6) is 1.02. The van der Waals surface area contributed by atoms with Gasteiger partial charge in [0, 0.05) is 30.3 Å². The van der Waals surface area contributed by atoms with Gasteiger partial charge in [0.25, 0.3) is 0 Å². The van der Waals surface area contributed by atoms with Crippen LogP contribution in [0.2, 0.25) is 0 Å². The Kier molecular flexibility index (Phi) is 10.9. The Bertz CT molecular complexity index is 136. The highest BCUT2D eigenvalue weighted by molar-refractivity contribution is 7.99. The largest absolute Gasteiger partial charge is 0.396 e. The molecular weight excluding hydrogens is 210 g/mol. The molecule has 0 rings (SSSR count). The average Bonchev–Trinajstić information content (AvgIpc) is 2.22. The Hall–Kier alpha value is 0.230. The summed E-state index contributed by atoms with van der Waals surface area (Å²) >= 11 is 1.87. The standard InChI is InChI=1S/C11H25NO2S/c1-3-6-12-11(5-8-14)9-15-10(2)4-7-13/h10-14H,3-9H2,1-2H3. The molecule has 0 radical (unpaired) electrons. The maximum Gasteiger partial charge on any atom is 0.0446 e. The smallest absolute Gasteiger partial charge is 0.0446 e. The van der Waals surface area contributed by atoms with Gasteiger partial charge in [-0.15, -0.1) is 0 Å². The summed E-state index contributed by atoms with van der Waals surface area (Å²) in [7, 11) is 0. The third-order valence-electron chi connectivity index (χ3n) is 2.28. The predicted molar refractivity (Wildman–Crippen MR) is 67.4 cm³/mol. The highest BCUT2D eigenvalue weighted by Gasteiger charge is 2.09. The van der Waals surface area contributed by atoms with Gasteiger partial charge in [0.1, 0.15) is 0 Å². The zero-order valence-electron chi connectivity index (χ0n) is 9.91. The molecule has 0 spiro atoms. The lowest BCUT2D eigenvalue weighted by Crippen LogP contribution is -2.33. The van der Waals surface area contributed by atoms with Gasteiger partial charge in [0.15, 0.2) is 0 Å². The summed E-state index contributed by atoms with van der Waals surface area (Å²) in [5, 5.41) is 21.6. The topological polar surface area (TPSA) is 52.5 Å². The first kappa shape index (κ1) is 15.2. The predicted octanol–water partition coefficient (Wildman–Crippen LogP) is 1.24. The van der Waals surface area contributed by atoms with E-state index < -0.39 is 0 Å². The third-order valence-corrected chi connectivity index (χ3v) is 3.68. The Morgan fingerprint density at radius 2 is 1.87 bits per heavy atom. The molecule has 0 aromatic rings. The van der Waals surface area contributed by atoms with Gasteiger partial charge in [-0.25, -0.2) is 0 Å². The van der Waals surface area contributed by atoms with E-state index in [4.69, 9.17) is 10.2 Å². The van der Waals surface area contributed by atoms with Crippen molar-refractivity contribution in [2.75, 3.05) is 25.5 Å². The molecule has 92 valence electrons. The fourth-order valence-corrected chi connectivity index (χ4v) is 2.41. The molecule has 0 aromatic heterocycles. The van der Waals surface area contributed by atoms with Crippen LogP contribution in [0, 0.1) is 0 Å². The van der Waals surface area contributed by atoms with E-state index >= 15 is 0 Å². The minimum absolute atomic E-state index is 0.246. The minimum atomic E-state index is 0.246. The highest BCUT2D eigenvalue weighted by atomic mass is 32.2. The zero-order valence-corrected chi connectivity index (χ0v) is 10.7. The van der Waals surface area contributed by atoms with Crippen LogP contribution in [0.15, 0.2) is 0 Å². The van der Waals surface area contributed by atoms with Crippen LogP contribution in [0.25, 0.3) is 0 Å². The number of thioether (sulfide) groups is 1. The van der Waals surface area contributed by atoms with Crippen molar-refractivity contribution in [1.29, 1.82) is 0 Å². The maximum absolute atomic E-state index is 8.92. The van der Waals surface area contributed by atoms with Gasteiger partial charge in [0.2, 0.25) is 0 Å². The number of nitrogens with one attached hydrogen (secondary N) is 1. The second-order valence-electron chi connectivity index (χ2n) is 3.82. The van der Waals surface area contributed by atoms with Crippen molar-refractivity contribution in [3.63, 3.8) is 0 Å². The zero-order chi connectivity index (χ0) is 11.5. The van der Waals surface area contributed by atoms with E-state index in [0.29, 0.717) is 11.3 Å². The fourth-order valence-electron chi connectivity index (χ4n) is 1.29. The SMILES string of the molecule is CCCNC(CCO)CSC(C)CCO. The van der Waals surface area contributed by atoms with Crippen LogP contribution >= 0.6 is 11.8 Å². The lowest BCUT2D eigenvalue weighted by atomic mass is 10.2. The van der Waals surface area contributed by atoms with Gasteiger partial charge in [0.05, 0.1) is 0 Å². The molecule has 15 heavy (non-hydrogen) atoms. The van der Waals surface area contributed by atoms with Crippen molar-refractivity contribution in [3.05, 3.63) is 0 Å². The van der Waals surface area contributed by atoms with E-state index in [1.165, 1.54) is 0 Å². The van der Waals surface area contributed by atoms with Crippen LogP contribution < -0.4 is 5.32 Å². The van der Waals surface area contributed by atoms with Gasteiger partial charge in [-0.1, -0.05) is 13.8 Å². The molecule has 0 aliphatic carbocycles. The Labute approximate surface area is 97.7 Å². The molecule has 0 saturated heterocycles. The number of aliphatic hydroxyl groups is 2. The number of aliphatic hydroxyl groups excluding tert-OH is 2. The fraction of sp³-hybridized carbons (Fsp3) is 1.00. The highest BCUT2D eigenvalue weighted by Crippen LogP contribution is 2.15. The molecule has 0 fully saturated rings. The van der Waals surface area contributed by atoms with Crippen molar-refractivity contribution in [2.45, 2.75) is 44.4 Å². The molecule has 4 heteroatoms. The normalized spacial score (nSPS) is 15.2. The Morgan fingerprint density at radius 1 is 1.20 bits per heavy atom. The summed E-state index contributed by atoms with van der Waals surface area (Å²) in [5.41, 5.74) is 0. The van der Waals surface area contributed by atoms with Gasteiger partial charge in [-0.3, -0.25) is 0 Å². The first-order chi connectivity index (χ1) is 7.24. The second-order valence-corrected chi connectivity index (χ2v) is 5.29. The number of hydrogen-bond donors (Lipinski definition) is 3. The third kappa shape index (κ3) is 9.18. The van der Waals surface area contributed by atoms with Crippen molar-refractivity contribution in [3.8, 4) is 0 Å². The molecule has 0 aliphatic rings. The summed E-state index contributed by atoms with van der Waals surface area (Å²) in [6, 6.07) is 0.404. The summed E-state index contributed by atoms with van der Waals surface area (Å²) < 4.78 is 0. The molecule has 3 N–H and O–H groups in total. The molecule has 0 saturated carbocycles. The average molecular weight is 235 g/mol. The molecule has 3 nitrogen and oxygen atoms in total. The van der Waals surface area contributed by atoms with E-state index in [-0.39, 0.29) is 13.2 Å². The molecule has 2 atom stereocenters. The van der Waals surface area contributed by atoms with E-state index in [1.807, 2.05) is 11.8 Å². The summed E-state index contributed by atoms with van der Waals surface area (Å²) in [4.78, 5) is 0. The molecule has 0 aromatic carbocycles. The molecule has 0 bridgehead atoms. The molecule has 0 aliphatic heterocycles. The van der Waals surface area contributed by atoms with Gasteiger partial charge in [-0.05, 0) is 25.8 Å². The van der Waals surface area contributed by atoms with Crippen LogP contribution in [-0.4, -0.2) is 47.0 Å². The van der Waals surface area contributed by atoms with Gasteiger partial charge >= 0.3 is 0 Å². The Balaban J connectivity index is 3.63. The van der Waals surface area contributed by atoms with Crippen LogP contribution in [-0.2, 0) is 0 Å². The van der Waals surface area contributed by atoms with Crippen molar-refractivity contribution >= 4 is 11.8 Å². The molecule has 0 amide bonds. The molecular formula is C11H25NO2S. The Morgan fingerprint density at radius 3 is 2.40 bits per heavy atom. The first-order valence-electron chi connectivity index (χ1n) is 5.81. The minimum Gasteiger partial charge on any atom is -0.396 e. The van der Waals surface area contributed by atoms with Crippen LogP contribution in [0.3, 0.4) is 0 Å². The molecule has 2 unspecified atom stereocenters. The quantitative estimate of drug-likeness (QED) is 0.533. The first-order valence-corrected chi connectivity index (χ1v) is 6.86. The van der Waals surface area contributed by atoms with Crippen molar-refractivity contribution < 1.29 is 10.2 Å². The van der Waals surface area contributed by atoms with E-state index in [0.717, 1.165) is 31.6 Å². The second kappa shape index (κ2) is 10.7. The summed E-state index contributed by atoms with van der Waals surface area (Å²) in [6.45, 7) is 5.80. The monoisotopic (exact) mass is 235 g/mol. The lowest BCUT2D eigenvalue weighted by molar-refractivity contribution is 0.270. The van der Waals surface area contributed by atoms with Crippen LogP contribution in [0.4, 0.5) is 0 Å². The molecule has 0 heterocycles. The van der Waals surface area contributed by atoms with Crippen LogP contribution in [0.5, 0.6) is 0 Å². The van der Waals surface area contributed by atoms with E-state index in [2.05, 4.69) is 19.2 Å². The maximum atomic E-state index is 8.92. The van der Waals surface area contributed by atoms with E-state index in [1.54, 1.807) is 0 Å². The summed E-state index contributed by atoms with van der Waals surface area (Å²) in [6.07, 6.45) is 2.79. The van der Waals surface area contributed by atoms with E-state index in [9.17, 15) is 0 Å². The van der Waals surface area contributed by atoms with Gasteiger partial charge < -0.3 is 15.5 Å². The van der Waals surface area contributed by atoms with Crippen molar-refractivity contribution in [2.24, 2.45) is 0 Å². The van der Waals surface area contributed by atoms with Gasteiger partial charge in [-0.2, -0.15) is 11.8 Å². The van der Waals surface area contributed by atoms with Crippen LogP contribution in [0.1, 0.15) is 33.1 Å². The lowest BCUT2D eigenvalue weighted by Gasteiger charge is -2.19.